The Bertz CT molecular complexity index is 1160. The Hall–Kier alpha value is -2.12. The number of aromatic nitrogens is 3. The van der Waals surface area contributed by atoms with Gasteiger partial charge in [-0.15, -0.1) is 0 Å². The fourth-order valence-corrected chi connectivity index (χ4v) is 5.93. The molecule has 3 heterocycles. The van der Waals surface area contributed by atoms with Gasteiger partial charge in [0, 0.05) is 42.0 Å². The SMILES string of the molecule is Cc1nn([C@H]2CCS(=O)(=O)C2)c(C)c1CN(C)c1cc[nH+]c2cc(Cl)ccc12. The lowest BCUT2D eigenvalue weighted by Crippen LogP contribution is -2.19. The molecule has 0 bridgehead atoms. The van der Waals surface area contributed by atoms with Crippen LogP contribution < -0.4 is 9.88 Å². The molecule has 0 saturated carbocycles. The van der Waals surface area contributed by atoms with Gasteiger partial charge in [-0.3, -0.25) is 4.68 Å². The molecule has 28 heavy (non-hydrogen) atoms. The maximum absolute atomic E-state index is 11.9. The predicted octanol–water partition coefficient (Wildman–Crippen LogP) is 3.12. The molecule has 1 fully saturated rings. The molecule has 4 rings (SSSR count). The van der Waals surface area contributed by atoms with Gasteiger partial charge >= 0.3 is 0 Å². The molecule has 1 aromatic carbocycles. The summed E-state index contributed by atoms with van der Waals surface area (Å²) in [6.07, 6.45) is 2.55. The summed E-state index contributed by atoms with van der Waals surface area (Å²) in [5.41, 5.74) is 5.21. The highest BCUT2D eigenvalue weighted by atomic mass is 35.5. The maximum atomic E-state index is 11.9. The quantitative estimate of drug-likeness (QED) is 0.651. The van der Waals surface area contributed by atoms with E-state index >= 15 is 0 Å². The standard InChI is InChI=1S/C20H23ClN4O2S/c1-13-18(14(2)25(23-13)16-7-9-28(26,27)12-16)11-24(3)20-6-8-22-19-10-15(21)4-5-17(19)20/h4-6,8,10,16H,7,9,11-12H2,1-3H3/p+1/t16-/m0/s1. The molecule has 1 atom stereocenters. The summed E-state index contributed by atoms with van der Waals surface area (Å²) in [4.78, 5) is 5.43. The molecule has 0 spiro atoms. The molecule has 8 heteroatoms. The average Bonchev–Trinajstić information content (AvgIpc) is 3.14. The molecule has 0 aliphatic carbocycles. The van der Waals surface area contributed by atoms with Gasteiger partial charge in [-0.1, -0.05) is 11.6 Å². The van der Waals surface area contributed by atoms with Crippen LogP contribution in [0.4, 0.5) is 5.69 Å². The zero-order chi connectivity index (χ0) is 20.1. The zero-order valence-electron chi connectivity index (χ0n) is 16.2. The molecule has 148 valence electrons. The van der Waals surface area contributed by atoms with E-state index in [4.69, 9.17) is 11.6 Å². The van der Waals surface area contributed by atoms with Crippen LogP contribution in [0.1, 0.15) is 29.4 Å². The number of rotatable bonds is 4. The molecule has 0 unspecified atom stereocenters. The summed E-state index contributed by atoms with van der Waals surface area (Å²) in [5, 5.41) is 6.47. The first-order chi connectivity index (χ1) is 13.2. The Balaban J connectivity index is 1.65. The zero-order valence-corrected chi connectivity index (χ0v) is 17.8. The lowest BCUT2D eigenvalue weighted by atomic mass is 10.1. The van der Waals surface area contributed by atoms with Crippen LogP contribution in [0.15, 0.2) is 30.5 Å². The van der Waals surface area contributed by atoms with Gasteiger partial charge in [0.05, 0.1) is 34.3 Å². The monoisotopic (exact) mass is 419 g/mol. The van der Waals surface area contributed by atoms with Gasteiger partial charge in [-0.25, -0.2) is 13.4 Å². The molecular formula is C20H24ClN4O2S+. The number of sulfone groups is 1. The van der Waals surface area contributed by atoms with Gasteiger partial charge in [0.2, 0.25) is 5.52 Å². The van der Waals surface area contributed by atoms with Crippen molar-refractivity contribution < 1.29 is 13.4 Å². The van der Waals surface area contributed by atoms with Gasteiger partial charge in [-0.05, 0) is 32.4 Å². The van der Waals surface area contributed by atoms with E-state index in [9.17, 15) is 8.42 Å². The molecule has 1 saturated heterocycles. The number of nitrogens with one attached hydrogen (secondary N) is 1. The predicted molar refractivity (Wildman–Crippen MR) is 112 cm³/mol. The first-order valence-corrected chi connectivity index (χ1v) is 11.5. The van der Waals surface area contributed by atoms with Crippen molar-refractivity contribution in [1.82, 2.24) is 9.78 Å². The van der Waals surface area contributed by atoms with E-state index in [-0.39, 0.29) is 17.5 Å². The van der Waals surface area contributed by atoms with Crippen LogP contribution in [-0.2, 0) is 16.4 Å². The molecule has 6 nitrogen and oxygen atoms in total. The third-order valence-electron chi connectivity index (χ3n) is 5.57. The number of H-pyrrole nitrogens is 1. The fourth-order valence-electron chi connectivity index (χ4n) is 4.06. The number of anilines is 1. The van der Waals surface area contributed by atoms with E-state index in [1.165, 1.54) is 0 Å². The number of hydrogen-bond donors (Lipinski definition) is 0. The molecule has 0 radical (unpaired) electrons. The highest BCUT2D eigenvalue weighted by Gasteiger charge is 2.31. The van der Waals surface area contributed by atoms with E-state index in [1.54, 1.807) is 0 Å². The van der Waals surface area contributed by atoms with Crippen LogP contribution in [-0.4, -0.2) is 36.8 Å². The number of benzene rings is 1. The fraction of sp³-hybridized carbons (Fsp3) is 0.400. The smallest absolute Gasteiger partial charge is 0.214 e. The van der Waals surface area contributed by atoms with Crippen LogP contribution in [0.2, 0.25) is 5.02 Å². The van der Waals surface area contributed by atoms with Crippen molar-refractivity contribution in [1.29, 1.82) is 0 Å². The van der Waals surface area contributed by atoms with Crippen molar-refractivity contribution >= 4 is 38.0 Å². The summed E-state index contributed by atoms with van der Waals surface area (Å²) in [6.45, 7) is 4.72. The van der Waals surface area contributed by atoms with Crippen molar-refractivity contribution in [3.8, 4) is 0 Å². The van der Waals surface area contributed by atoms with Crippen molar-refractivity contribution in [2.45, 2.75) is 32.9 Å². The molecule has 3 aromatic rings. The Morgan fingerprint density at radius 3 is 2.82 bits per heavy atom. The Kier molecular flexibility index (Phi) is 4.83. The van der Waals surface area contributed by atoms with E-state index in [0.717, 1.165) is 33.5 Å². The average molecular weight is 420 g/mol. The summed E-state index contributed by atoms with van der Waals surface area (Å²) in [5.74, 6) is 0.435. The minimum absolute atomic E-state index is 0.0583. The second-order valence-electron chi connectivity index (χ2n) is 7.56. The first kappa shape index (κ1) is 19.2. The van der Waals surface area contributed by atoms with Crippen LogP contribution in [0.25, 0.3) is 10.9 Å². The van der Waals surface area contributed by atoms with Crippen LogP contribution >= 0.6 is 11.6 Å². The molecule has 2 aromatic heterocycles. The van der Waals surface area contributed by atoms with Crippen LogP contribution in [0.5, 0.6) is 0 Å². The van der Waals surface area contributed by atoms with Crippen molar-refractivity contribution in [2.75, 3.05) is 23.5 Å². The molecule has 1 aliphatic heterocycles. The van der Waals surface area contributed by atoms with E-state index in [2.05, 4.69) is 28.1 Å². The summed E-state index contributed by atoms with van der Waals surface area (Å²) in [7, 11) is -0.888. The Morgan fingerprint density at radius 2 is 2.11 bits per heavy atom. The molecular weight excluding hydrogens is 396 g/mol. The number of halogens is 1. The number of aryl methyl sites for hydroxylation is 1. The minimum atomic E-state index is -2.94. The van der Waals surface area contributed by atoms with E-state index < -0.39 is 9.84 Å². The third-order valence-corrected chi connectivity index (χ3v) is 7.56. The highest BCUT2D eigenvalue weighted by molar-refractivity contribution is 7.91. The summed E-state index contributed by atoms with van der Waals surface area (Å²) >= 11 is 6.12. The second kappa shape index (κ2) is 7.04. The van der Waals surface area contributed by atoms with Gasteiger partial charge in [0.25, 0.3) is 0 Å². The number of nitrogens with zero attached hydrogens (tertiary/aromatic N) is 3. The number of hydrogen-bond acceptors (Lipinski definition) is 4. The Morgan fingerprint density at radius 1 is 1.32 bits per heavy atom. The summed E-state index contributed by atoms with van der Waals surface area (Å²) < 4.78 is 25.7. The van der Waals surface area contributed by atoms with Crippen molar-refractivity contribution in [3.63, 3.8) is 0 Å². The van der Waals surface area contributed by atoms with Crippen LogP contribution in [0.3, 0.4) is 0 Å². The van der Waals surface area contributed by atoms with E-state index in [1.807, 2.05) is 42.9 Å². The van der Waals surface area contributed by atoms with Gasteiger partial charge in [-0.2, -0.15) is 5.10 Å². The third kappa shape index (κ3) is 3.49. The lowest BCUT2D eigenvalue weighted by molar-refractivity contribution is -0.344. The molecule has 1 aliphatic rings. The van der Waals surface area contributed by atoms with Crippen molar-refractivity contribution in [3.05, 3.63) is 52.4 Å². The maximum Gasteiger partial charge on any atom is 0.214 e. The number of fused-ring (bicyclic) bond motifs is 1. The van der Waals surface area contributed by atoms with Gasteiger partial charge in [0.1, 0.15) is 0 Å². The first-order valence-electron chi connectivity index (χ1n) is 9.31. The molecule has 0 amide bonds. The van der Waals surface area contributed by atoms with Crippen molar-refractivity contribution in [2.24, 2.45) is 0 Å². The normalized spacial score (nSPS) is 18.6. The van der Waals surface area contributed by atoms with Gasteiger partial charge in [0.15, 0.2) is 16.0 Å². The Labute approximate surface area is 170 Å². The lowest BCUT2D eigenvalue weighted by Gasteiger charge is -2.20. The highest BCUT2D eigenvalue weighted by Crippen LogP contribution is 2.30. The number of pyridine rings is 1. The second-order valence-corrected chi connectivity index (χ2v) is 10.2. The van der Waals surface area contributed by atoms with Crippen LogP contribution in [0, 0.1) is 13.8 Å². The largest absolute Gasteiger partial charge is 0.369 e. The summed E-state index contributed by atoms with van der Waals surface area (Å²) in [6, 6.07) is 7.83. The molecule has 1 N–H and O–H groups in total. The number of aromatic amines is 1. The van der Waals surface area contributed by atoms with Gasteiger partial charge < -0.3 is 4.90 Å². The minimum Gasteiger partial charge on any atom is -0.369 e. The van der Waals surface area contributed by atoms with E-state index in [0.29, 0.717) is 18.0 Å². The topological polar surface area (TPSA) is 69.3 Å².